The molecule has 0 aromatic carbocycles. The third kappa shape index (κ3) is 8.87. The molecular weight excluding hydrogens is 683 g/mol. The largest absolute Gasteiger partial charge is 0.394 e. The molecule has 0 radical (unpaired) electrons. The molecule has 7 unspecified atom stereocenters. The van der Waals surface area contributed by atoms with Crippen LogP contribution >= 0.6 is 0 Å². The van der Waals surface area contributed by atoms with Crippen molar-refractivity contribution in [2.45, 2.75) is 160 Å². The van der Waals surface area contributed by atoms with E-state index >= 15 is 0 Å². The molecule has 7 fully saturated rings. The van der Waals surface area contributed by atoms with E-state index in [2.05, 4.69) is 50.4 Å². The van der Waals surface area contributed by atoms with E-state index in [1.54, 1.807) is 12.0 Å². The number of aliphatic hydroxyl groups is 2. The molecule has 54 heavy (non-hydrogen) atoms. The van der Waals surface area contributed by atoms with Gasteiger partial charge in [-0.25, -0.2) is 0 Å². The van der Waals surface area contributed by atoms with Crippen molar-refractivity contribution < 1.29 is 29.4 Å². The number of hydrogen-bond donors (Lipinski definition) is 5. The average Bonchev–Trinajstić information content (AvgIpc) is 3.53. The van der Waals surface area contributed by atoms with Crippen molar-refractivity contribution >= 4 is 11.8 Å². The van der Waals surface area contributed by atoms with Gasteiger partial charge in [0.2, 0.25) is 11.8 Å². The SMILES string of the molecule is COC1C(CN2O[C@@H](CO)[C@@H]([C@H](C)O)[C@H]2C(=O)N[C@H]2CC3C[C@@H]([C@@H]2C)C3(C)C)CCCC1C1CC(C(=O)N[C@H](CN)CC2CCCCC2)CC(N(C)C)C1. The number of carbonyl (C=O) groups is 2. The van der Waals surface area contributed by atoms with Crippen molar-refractivity contribution in [1.29, 1.82) is 0 Å². The fraction of sp³-hybridized carbons (Fsp3) is 0.953. The van der Waals surface area contributed by atoms with Gasteiger partial charge in [-0.1, -0.05) is 59.3 Å². The van der Waals surface area contributed by atoms with Crippen molar-refractivity contribution in [2.24, 2.45) is 64.4 Å². The number of amides is 2. The van der Waals surface area contributed by atoms with Crippen LogP contribution in [-0.2, 0) is 19.2 Å². The van der Waals surface area contributed by atoms with Gasteiger partial charge in [0.15, 0.2) is 0 Å². The van der Waals surface area contributed by atoms with E-state index < -0.39 is 24.2 Å². The van der Waals surface area contributed by atoms with Crippen LogP contribution in [0, 0.1) is 58.7 Å². The zero-order valence-corrected chi connectivity index (χ0v) is 34.8. The van der Waals surface area contributed by atoms with Gasteiger partial charge >= 0.3 is 0 Å². The normalized spacial score (nSPS) is 41.2. The number of hydroxylamine groups is 2. The molecule has 6 saturated carbocycles. The van der Waals surface area contributed by atoms with Gasteiger partial charge in [-0.15, -0.1) is 0 Å². The van der Waals surface area contributed by atoms with Gasteiger partial charge in [0.05, 0.1) is 18.8 Å². The number of rotatable bonds is 14. The van der Waals surface area contributed by atoms with Crippen LogP contribution in [0.2, 0.25) is 0 Å². The second kappa shape index (κ2) is 18.1. The molecule has 6 aliphatic carbocycles. The van der Waals surface area contributed by atoms with Gasteiger partial charge in [-0.3, -0.25) is 14.4 Å². The van der Waals surface area contributed by atoms with Crippen LogP contribution in [0.3, 0.4) is 0 Å². The van der Waals surface area contributed by atoms with E-state index in [0.29, 0.717) is 54.1 Å². The monoisotopic (exact) mass is 760 g/mol. The highest BCUT2D eigenvalue weighted by Crippen LogP contribution is 2.61. The standard InChI is InChI=1S/C43H77N5O6/c1-25-35-20-31(43(35,3)4)21-36(25)46-42(52)39-38(26(2)50)37(24-49)54-48(39)23-28-14-11-15-34(40(28)53-7)29-17-30(19-33(18-29)47(5)6)41(51)45-32(22-44)16-27-12-9-8-10-13-27/h25-40,49-50H,8-24,44H2,1-7H3,(H,45,51)(H,46,52)/t25-,26-,28?,29?,30?,31?,32-,33?,34?,35-,36-,37-,38+,39-,40?/m0/s1. The molecule has 11 heteroatoms. The molecule has 2 bridgehead atoms. The first-order valence-electron chi connectivity index (χ1n) is 22.0. The molecule has 310 valence electrons. The number of nitrogens with one attached hydrogen (secondary N) is 2. The summed E-state index contributed by atoms with van der Waals surface area (Å²) in [4.78, 5) is 37.0. The fourth-order valence-corrected chi connectivity index (χ4v) is 12.8. The van der Waals surface area contributed by atoms with Gasteiger partial charge in [-0.2, -0.15) is 5.06 Å². The van der Waals surface area contributed by atoms with Crippen LogP contribution < -0.4 is 16.4 Å². The fourth-order valence-electron chi connectivity index (χ4n) is 12.8. The lowest BCUT2D eigenvalue weighted by atomic mass is 9.45. The number of nitrogens with zero attached hydrogens (tertiary/aromatic N) is 2. The molecule has 7 rings (SSSR count). The van der Waals surface area contributed by atoms with Crippen LogP contribution in [0.4, 0.5) is 0 Å². The molecule has 1 saturated heterocycles. The summed E-state index contributed by atoms with van der Waals surface area (Å²) in [6.45, 7) is 9.41. The summed E-state index contributed by atoms with van der Waals surface area (Å²) < 4.78 is 6.42. The quantitative estimate of drug-likeness (QED) is 0.175. The highest BCUT2D eigenvalue weighted by atomic mass is 16.7. The van der Waals surface area contributed by atoms with Crippen LogP contribution in [0.1, 0.15) is 118 Å². The van der Waals surface area contributed by atoms with Crippen molar-refractivity contribution in [1.82, 2.24) is 20.6 Å². The van der Waals surface area contributed by atoms with Gasteiger partial charge in [0.1, 0.15) is 12.1 Å². The Bertz CT molecular complexity index is 1240. The predicted octanol–water partition coefficient (Wildman–Crippen LogP) is 4.34. The summed E-state index contributed by atoms with van der Waals surface area (Å²) in [5, 5.41) is 30.1. The molecule has 1 heterocycles. The van der Waals surface area contributed by atoms with E-state index in [0.717, 1.165) is 51.4 Å². The van der Waals surface area contributed by atoms with Gasteiger partial charge < -0.3 is 36.2 Å². The molecule has 6 N–H and O–H groups in total. The van der Waals surface area contributed by atoms with Crippen molar-refractivity contribution in [3.63, 3.8) is 0 Å². The Balaban J connectivity index is 1.15. The lowest BCUT2D eigenvalue weighted by molar-refractivity contribution is -0.193. The summed E-state index contributed by atoms with van der Waals surface area (Å²) in [7, 11) is 6.08. The van der Waals surface area contributed by atoms with Crippen LogP contribution in [0.15, 0.2) is 0 Å². The Hall–Kier alpha value is -1.34. The lowest BCUT2D eigenvalue weighted by Crippen LogP contribution is -2.62. The Labute approximate surface area is 326 Å². The summed E-state index contributed by atoms with van der Waals surface area (Å²) in [6, 6.07) is -0.276. The van der Waals surface area contributed by atoms with Crippen molar-refractivity contribution in [3.05, 3.63) is 0 Å². The first-order chi connectivity index (χ1) is 25.8. The summed E-state index contributed by atoms with van der Waals surface area (Å²) in [6.07, 6.45) is 13.8. The van der Waals surface area contributed by atoms with Crippen LogP contribution in [-0.4, -0.2) is 115 Å². The number of ether oxygens (including phenoxy) is 1. The van der Waals surface area contributed by atoms with Crippen LogP contribution in [0.25, 0.3) is 0 Å². The van der Waals surface area contributed by atoms with E-state index in [1.165, 1.54) is 38.5 Å². The molecule has 1 aliphatic heterocycles. The number of aliphatic hydroxyl groups excluding tert-OH is 2. The minimum Gasteiger partial charge on any atom is -0.394 e. The molecule has 15 atom stereocenters. The van der Waals surface area contributed by atoms with E-state index in [4.69, 9.17) is 15.3 Å². The van der Waals surface area contributed by atoms with Gasteiger partial charge in [-0.05, 0) is 113 Å². The molecule has 0 spiro atoms. The van der Waals surface area contributed by atoms with E-state index in [-0.39, 0.29) is 54.4 Å². The summed E-state index contributed by atoms with van der Waals surface area (Å²) in [5.41, 5.74) is 6.56. The number of methoxy groups -OCH3 is 1. The summed E-state index contributed by atoms with van der Waals surface area (Å²) >= 11 is 0. The molecular formula is C43H77N5O6. The maximum Gasteiger partial charge on any atom is 0.240 e. The molecule has 7 aliphatic rings. The topological polar surface area (TPSA) is 150 Å². The minimum absolute atomic E-state index is 0.0299. The average molecular weight is 760 g/mol. The van der Waals surface area contributed by atoms with E-state index in [1.807, 2.05) is 7.11 Å². The third-order valence-electron chi connectivity index (χ3n) is 16.1. The highest BCUT2D eigenvalue weighted by Gasteiger charge is 2.58. The molecule has 0 aromatic rings. The predicted molar refractivity (Wildman–Crippen MR) is 211 cm³/mol. The Kier molecular flexibility index (Phi) is 14.1. The second-order valence-corrected chi connectivity index (χ2v) is 19.8. The van der Waals surface area contributed by atoms with Crippen molar-refractivity contribution in [3.8, 4) is 0 Å². The molecule has 2 amide bonds. The van der Waals surface area contributed by atoms with E-state index in [9.17, 15) is 19.8 Å². The first kappa shape index (κ1) is 42.3. The maximum atomic E-state index is 14.3. The zero-order chi connectivity index (χ0) is 38.9. The Morgan fingerprint density at radius 2 is 1.76 bits per heavy atom. The minimum atomic E-state index is -0.828. The second-order valence-electron chi connectivity index (χ2n) is 19.8. The Morgan fingerprint density at radius 3 is 2.37 bits per heavy atom. The number of carbonyl (C=O) groups excluding carboxylic acids is 2. The number of hydrogen-bond acceptors (Lipinski definition) is 9. The smallest absolute Gasteiger partial charge is 0.240 e. The number of fused-ring (bicyclic) bond motifs is 2. The van der Waals surface area contributed by atoms with Crippen molar-refractivity contribution in [2.75, 3.05) is 40.9 Å². The number of nitrogens with two attached hydrogens (primary N) is 1. The first-order valence-corrected chi connectivity index (χ1v) is 22.0. The van der Waals surface area contributed by atoms with Crippen LogP contribution in [0.5, 0.6) is 0 Å². The molecule has 11 nitrogen and oxygen atoms in total. The summed E-state index contributed by atoms with van der Waals surface area (Å²) in [5.74, 6) is 2.37. The molecule has 0 aromatic heterocycles. The zero-order valence-electron chi connectivity index (χ0n) is 34.8. The van der Waals surface area contributed by atoms with Gasteiger partial charge in [0, 0.05) is 56.1 Å². The highest BCUT2D eigenvalue weighted by molar-refractivity contribution is 5.83. The van der Waals surface area contributed by atoms with Gasteiger partial charge in [0.25, 0.3) is 0 Å². The maximum absolute atomic E-state index is 14.3. The Morgan fingerprint density at radius 1 is 1.02 bits per heavy atom. The third-order valence-corrected chi connectivity index (χ3v) is 16.1. The lowest BCUT2D eigenvalue weighted by Gasteiger charge is -2.62.